The van der Waals surface area contributed by atoms with E-state index in [0.29, 0.717) is 24.0 Å². The van der Waals surface area contributed by atoms with Gasteiger partial charge in [0.05, 0.1) is 6.61 Å². The molecule has 0 radical (unpaired) electrons. The molecule has 1 aliphatic rings. The largest absolute Gasteiger partial charge is 0.489 e. The van der Waals surface area contributed by atoms with E-state index in [1.165, 1.54) is 32.7 Å². The van der Waals surface area contributed by atoms with E-state index in [2.05, 4.69) is 5.32 Å². The van der Waals surface area contributed by atoms with Gasteiger partial charge in [0.15, 0.2) is 11.5 Å². The Morgan fingerprint density at radius 3 is 2.61 bits per heavy atom. The highest BCUT2D eigenvalue weighted by Gasteiger charge is 2.16. The Morgan fingerprint density at radius 2 is 1.94 bits per heavy atom. The van der Waals surface area contributed by atoms with E-state index < -0.39 is 6.09 Å². The summed E-state index contributed by atoms with van der Waals surface area (Å²) >= 11 is 0. The van der Waals surface area contributed by atoms with Gasteiger partial charge in [0.25, 0.3) is 0 Å². The number of amides is 1. The van der Waals surface area contributed by atoms with Crippen LogP contribution in [0.25, 0.3) is 0 Å². The first-order chi connectivity index (χ1) is 8.79. The first-order valence-electron chi connectivity index (χ1n) is 6.41. The number of carbonyl (C=O) groups excluding carboxylic acids is 1. The molecule has 0 heterocycles. The molecule has 0 aromatic heterocycles. The van der Waals surface area contributed by atoms with Crippen molar-refractivity contribution in [1.29, 1.82) is 0 Å². The SMILES string of the molecule is CNC(=O)Oc1ccccc1OCC1CCCC1. The number of hydrogen-bond donors (Lipinski definition) is 1. The van der Waals surface area contributed by atoms with E-state index in [1.807, 2.05) is 18.2 Å². The van der Waals surface area contributed by atoms with Crippen LogP contribution in [0.4, 0.5) is 4.79 Å². The first kappa shape index (κ1) is 12.7. The number of hydrogen-bond acceptors (Lipinski definition) is 3. The average molecular weight is 249 g/mol. The molecule has 1 amide bonds. The number of para-hydroxylation sites is 2. The zero-order valence-electron chi connectivity index (χ0n) is 10.6. The standard InChI is InChI=1S/C14H19NO3/c1-15-14(16)18-13-9-5-4-8-12(13)17-10-11-6-2-3-7-11/h4-5,8-9,11H,2-3,6-7,10H2,1H3,(H,15,16). The minimum atomic E-state index is -0.480. The fourth-order valence-electron chi connectivity index (χ4n) is 2.19. The van der Waals surface area contributed by atoms with Crippen molar-refractivity contribution >= 4 is 6.09 Å². The second kappa shape index (κ2) is 6.28. The minimum absolute atomic E-state index is 0.467. The van der Waals surface area contributed by atoms with Gasteiger partial charge in [-0.15, -0.1) is 0 Å². The summed E-state index contributed by atoms with van der Waals surface area (Å²) in [4.78, 5) is 11.2. The fourth-order valence-corrected chi connectivity index (χ4v) is 2.19. The monoisotopic (exact) mass is 249 g/mol. The molecule has 98 valence electrons. The zero-order valence-corrected chi connectivity index (χ0v) is 10.6. The first-order valence-corrected chi connectivity index (χ1v) is 6.41. The summed E-state index contributed by atoms with van der Waals surface area (Å²) in [5, 5.41) is 2.42. The molecule has 1 saturated carbocycles. The van der Waals surface area contributed by atoms with Gasteiger partial charge in [0.2, 0.25) is 0 Å². The predicted octanol–water partition coefficient (Wildman–Crippen LogP) is 2.97. The average Bonchev–Trinajstić information content (AvgIpc) is 2.91. The van der Waals surface area contributed by atoms with Gasteiger partial charge in [-0.2, -0.15) is 0 Å². The molecule has 0 unspecified atom stereocenters. The zero-order chi connectivity index (χ0) is 12.8. The van der Waals surface area contributed by atoms with E-state index in [9.17, 15) is 4.79 Å². The molecule has 1 N–H and O–H groups in total. The van der Waals surface area contributed by atoms with E-state index in [4.69, 9.17) is 9.47 Å². The summed E-state index contributed by atoms with van der Waals surface area (Å²) in [6, 6.07) is 7.26. The van der Waals surface area contributed by atoms with Crippen LogP contribution < -0.4 is 14.8 Å². The van der Waals surface area contributed by atoms with Gasteiger partial charge < -0.3 is 14.8 Å². The molecule has 18 heavy (non-hydrogen) atoms. The molecule has 0 spiro atoms. The number of benzene rings is 1. The molecule has 1 aromatic rings. The summed E-state index contributed by atoms with van der Waals surface area (Å²) in [5.74, 6) is 1.74. The third kappa shape index (κ3) is 3.39. The highest BCUT2D eigenvalue weighted by atomic mass is 16.6. The number of carbonyl (C=O) groups is 1. The van der Waals surface area contributed by atoms with Crippen LogP contribution in [-0.4, -0.2) is 19.7 Å². The Kier molecular flexibility index (Phi) is 4.45. The third-order valence-electron chi connectivity index (χ3n) is 3.21. The van der Waals surface area contributed by atoms with Crippen molar-refractivity contribution in [2.45, 2.75) is 25.7 Å². The van der Waals surface area contributed by atoms with Crippen LogP contribution >= 0.6 is 0 Å². The summed E-state index contributed by atoms with van der Waals surface area (Å²) in [6.45, 7) is 0.702. The van der Waals surface area contributed by atoms with Crippen LogP contribution in [0.5, 0.6) is 11.5 Å². The lowest BCUT2D eigenvalue weighted by Gasteiger charge is -2.14. The van der Waals surface area contributed by atoms with E-state index in [1.54, 1.807) is 6.07 Å². The van der Waals surface area contributed by atoms with E-state index in [-0.39, 0.29) is 0 Å². The normalized spacial score (nSPS) is 15.4. The quantitative estimate of drug-likeness (QED) is 0.892. The summed E-state index contributed by atoms with van der Waals surface area (Å²) in [6.07, 6.45) is 4.58. The molecule has 1 aliphatic carbocycles. The maximum absolute atomic E-state index is 11.2. The Hall–Kier alpha value is -1.71. The summed E-state index contributed by atoms with van der Waals surface area (Å²) in [5.41, 5.74) is 0. The van der Waals surface area contributed by atoms with Gasteiger partial charge in [-0.05, 0) is 30.9 Å². The van der Waals surface area contributed by atoms with E-state index >= 15 is 0 Å². The van der Waals surface area contributed by atoms with Crippen molar-refractivity contribution in [3.8, 4) is 11.5 Å². The molecule has 0 bridgehead atoms. The van der Waals surface area contributed by atoms with Crippen LogP contribution in [0, 0.1) is 5.92 Å². The topological polar surface area (TPSA) is 47.6 Å². The minimum Gasteiger partial charge on any atom is -0.489 e. The Bertz CT molecular complexity index is 400. The van der Waals surface area contributed by atoms with Crippen molar-refractivity contribution in [2.75, 3.05) is 13.7 Å². The molecule has 0 atom stereocenters. The molecular formula is C14H19NO3. The molecule has 2 rings (SSSR count). The van der Waals surface area contributed by atoms with Crippen LogP contribution in [0.1, 0.15) is 25.7 Å². The van der Waals surface area contributed by atoms with Gasteiger partial charge in [0.1, 0.15) is 0 Å². The van der Waals surface area contributed by atoms with Crippen LogP contribution in [0.3, 0.4) is 0 Å². The van der Waals surface area contributed by atoms with Gasteiger partial charge >= 0.3 is 6.09 Å². The number of rotatable bonds is 4. The van der Waals surface area contributed by atoms with Gasteiger partial charge in [-0.3, -0.25) is 0 Å². The maximum atomic E-state index is 11.2. The molecule has 1 aromatic carbocycles. The van der Waals surface area contributed by atoms with Gasteiger partial charge in [0, 0.05) is 7.05 Å². The summed E-state index contributed by atoms with van der Waals surface area (Å²) in [7, 11) is 1.53. The van der Waals surface area contributed by atoms with Crippen LogP contribution in [0.15, 0.2) is 24.3 Å². The highest BCUT2D eigenvalue weighted by molar-refractivity contribution is 5.70. The Balaban J connectivity index is 1.95. The Morgan fingerprint density at radius 1 is 1.28 bits per heavy atom. The van der Waals surface area contributed by atoms with Gasteiger partial charge in [-0.1, -0.05) is 25.0 Å². The molecule has 0 saturated heterocycles. The van der Waals surface area contributed by atoms with Crippen LogP contribution in [-0.2, 0) is 0 Å². The van der Waals surface area contributed by atoms with Crippen LogP contribution in [0.2, 0.25) is 0 Å². The van der Waals surface area contributed by atoms with E-state index in [0.717, 1.165) is 0 Å². The lowest BCUT2D eigenvalue weighted by Crippen LogP contribution is -2.22. The maximum Gasteiger partial charge on any atom is 0.412 e. The molecule has 0 aliphatic heterocycles. The smallest absolute Gasteiger partial charge is 0.412 e. The van der Waals surface area contributed by atoms with Gasteiger partial charge in [-0.25, -0.2) is 4.79 Å². The van der Waals surface area contributed by atoms with Crippen molar-refractivity contribution in [3.63, 3.8) is 0 Å². The van der Waals surface area contributed by atoms with Crippen molar-refractivity contribution in [2.24, 2.45) is 5.92 Å². The number of ether oxygens (including phenoxy) is 2. The second-order valence-electron chi connectivity index (χ2n) is 4.55. The Labute approximate surface area is 107 Å². The number of nitrogens with one attached hydrogen (secondary N) is 1. The van der Waals surface area contributed by atoms with Crippen molar-refractivity contribution in [1.82, 2.24) is 5.32 Å². The van der Waals surface area contributed by atoms with Crippen molar-refractivity contribution < 1.29 is 14.3 Å². The molecule has 4 nitrogen and oxygen atoms in total. The lowest BCUT2D eigenvalue weighted by atomic mass is 10.1. The fraction of sp³-hybridized carbons (Fsp3) is 0.500. The molecular weight excluding hydrogens is 230 g/mol. The molecule has 4 heteroatoms. The molecule has 1 fully saturated rings. The summed E-state index contributed by atoms with van der Waals surface area (Å²) < 4.78 is 10.9. The van der Waals surface area contributed by atoms with Crippen molar-refractivity contribution in [3.05, 3.63) is 24.3 Å². The highest BCUT2D eigenvalue weighted by Crippen LogP contribution is 2.30. The third-order valence-corrected chi connectivity index (χ3v) is 3.21. The lowest BCUT2D eigenvalue weighted by molar-refractivity contribution is 0.196. The second-order valence-corrected chi connectivity index (χ2v) is 4.55. The predicted molar refractivity (Wildman–Crippen MR) is 69.0 cm³/mol.